The van der Waals surface area contributed by atoms with E-state index in [-0.39, 0.29) is 5.84 Å². The highest BCUT2D eigenvalue weighted by molar-refractivity contribution is 6.02. The van der Waals surface area contributed by atoms with Crippen LogP contribution in [0.25, 0.3) is 5.53 Å². The third-order valence-electron chi connectivity index (χ3n) is 1.79. The molecule has 5 heteroatoms. The number of rotatable bonds is 1. The molecule has 0 aliphatic carbocycles. The van der Waals surface area contributed by atoms with Gasteiger partial charge in [-0.1, -0.05) is 0 Å². The summed E-state index contributed by atoms with van der Waals surface area (Å²) >= 11 is 0. The Morgan fingerprint density at radius 3 is 2.92 bits per heavy atom. The summed E-state index contributed by atoms with van der Waals surface area (Å²) in [6, 6.07) is 5.26. The van der Waals surface area contributed by atoms with E-state index in [2.05, 4.69) is 15.0 Å². The second-order valence-corrected chi connectivity index (χ2v) is 2.51. The average molecular weight is 174 g/mol. The molecule has 1 aliphatic heterocycles. The summed E-state index contributed by atoms with van der Waals surface area (Å²) in [6.45, 7) is 0. The Hall–Kier alpha value is -2.00. The molecular weight excluding hydrogens is 168 g/mol. The third-order valence-corrected chi connectivity index (χ3v) is 1.79. The fraction of sp³-hybridized carbons (Fsp3) is 0.125. The molecule has 0 unspecified atom stereocenters. The number of amidine groups is 1. The summed E-state index contributed by atoms with van der Waals surface area (Å²) in [7, 11) is 1.57. The number of nitrogens with zero attached hydrogens (tertiary/aromatic N) is 4. The van der Waals surface area contributed by atoms with Crippen molar-refractivity contribution in [2.75, 3.05) is 7.11 Å². The molecule has 2 rings (SSSR count). The summed E-state index contributed by atoms with van der Waals surface area (Å²) in [5.41, 5.74) is 9.94. The molecule has 1 heterocycles. The van der Waals surface area contributed by atoms with Gasteiger partial charge >= 0.3 is 5.84 Å². The zero-order chi connectivity index (χ0) is 9.26. The summed E-state index contributed by atoms with van der Waals surface area (Å²) in [5.74, 6) is 0.904. The largest absolute Gasteiger partial charge is 0.497 e. The number of methoxy groups -OCH3 is 1. The quantitative estimate of drug-likeness (QED) is 0.472. The minimum absolute atomic E-state index is 0.217. The Kier molecular flexibility index (Phi) is 1.65. The Labute approximate surface area is 74.3 Å². The maximum absolute atomic E-state index is 8.57. The van der Waals surface area contributed by atoms with E-state index in [1.54, 1.807) is 25.3 Å². The molecule has 0 radical (unpaired) electrons. The lowest BCUT2D eigenvalue weighted by atomic mass is 10.1. The Balaban J connectivity index is 2.60. The number of hydrogen-bond acceptors (Lipinski definition) is 2. The van der Waals surface area contributed by atoms with Crippen molar-refractivity contribution in [3.63, 3.8) is 0 Å². The van der Waals surface area contributed by atoms with E-state index in [1.165, 1.54) is 0 Å². The fourth-order valence-electron chi connectivity index (χ4n) is 1.14. The standard InChI is InChI=1S/C8H6N4O/c1-13-5-2-3-7-6(4-5)8(10-9)12-11-7/h2-4H,1H3. The van der Waals surface area contributed by atoms with Crippen LogP contribution >= 0.6 is 0 Å². The molecule has 0 aromatic heterocycles. The van der Waals surface area contributed by atoms with Crippen LogP contribution < -0.4 is 4.74 Å². The molecule has 0 spiro atoms. The molecule has 0 saturated carbocycles. The van der Waals surface area contributed by atoms with E-state index in [1.807, 2.05) is 0 Å². The maximum Gasteiger partial charge on any atom is 0.436 e. The third kappa shape index (κ3) is 1.11. The molecule has 0 atom stereocenters. The summed E-state index contributed by atoms with van der Waals surface area (Å²) in [5, 5.41) is 7.47. The fourth-order valence-corrected chi connectivity index (χ4v) is 1.14. The van der Waals surface area contributed by atoms with Crippen LogP contribution in [0, 0.1) is 0 Å². The minimum Gasteiger partial charge on any atom is -0.497 e. The SMILES string of the molecule is COc1ccc2c(c1)C(=[N+]=[N-])N=N2. The molecule has 13 heavy (non-hydrogen) atoms. The van der Waals surface area contributed by atoms with Crippen LogP contribution in [0.3, 0.4) is 0 Å². The molecule has 0 fully saturated rings. The normalized spacial score (nSPS) is 12.5. The van der Waals surface area contributed by atoms with E-state index in [9.17, 15) is 0 Å². The highest BCUT2D eigenvalue weighted by Gasteiger charge is 2.25. The van der Waals surface area contributed by atoms with Crippen molar-refractivity contribution in [3.05, 3.63) is 29.3 Å². The van der Waals surface area contributed by atoms with Gasteiger partial charge in [0.25, 0.3) is 0 Å². The highest BCUT2D eigenvalue weighted by atomic mass is 16.5. The maximum atomic E-state index is 8.57. The van der Waals surface area contributed by atoms with Crippen LogP contribution in [-0.4, -0.2) is 17.7 Å². The first-order valence-corrected chi connectivity index (χ1v) is 3.67. The Bertz CT molecular complexity index is 432. The van der Waals surface area contributed by atoms with Crippen molar-refractivity contribution in [2.24, 2.45) is 10.2 Å². The predicted molar refractivity (Wildman–Crippen MR) is 45.2 cm³/mol. The van der Waals surface area contributed by atoms with Gasteiger partial charge in [0.05, 0.1) is 12.2 Å². The van der Waals surface area contributed by atoms with Crippen LogP contribution in [0.5, 0.6) is 5.75 Å². The van der Waals surface area contributed by atoms with Crippen LogP contribution in [0.15, 0.2) is 28.4 Å². The van der Waals surface area contributed by atoms with Gasteiger partial charge in [-0.15, -0.1) is 0 Å². The number of azo groups is 1. The van der Waals surface area contributed by atoms with Crippen LogP contribution in [0.1, 0.15) is 5.56 Å². The summed E-state index contributed by atoms with van der Waals surface area (Å²) in [4.78, 5) is 3.00. The predicted octanol–water partition coefficient (Wildman–Crippen LogP) is 1.77. The van der Waals surface area contributed by atoms with E-state index in [4.69, 9.17) is 10.3 Å². The molecule has 5 nitrogen and oxygen atoms in total. The second-order valence-electron chi connectivity index (χ2n) is 2.51. The van der Waals surface area contributed by atoms with Gasteiger partial charge in [0.15, 0.2) is 0 Å². The smallest absolute Gasteiger partial charge is 0.436 e. The molecule has 0 bridgehead atoms. The average Bonchev–Trinajstić information content (AvgIpc) is 2.59. The molecule has 1 aromatic rings. The van der Waals surface area contributed by atoms with E-state index < -0.39 is 0 Å². The topological polar surface area (TPSA) is 70.3 Å². The van der Waals surface area contributed by atoms with Crippen molar-refractivity contribution in [1.82, 2.24) is 0 Å². The second kappa shape index (κ2) is 2.80. The van der Waals surface area contributed by atoms with Crippen molar-refractivity contribution in [3.8, 4) is 5.75 Å². The lowest BCUT2D eigenvalue weighted by Crippen LogP contribution is -1.93. The first-order chi connectivity index (χ1) is 6.35. The zero-order valence-electron chi connectivity index (χ0n) is 6.93. The van der Waals surface area contributed by atoms with Gasteiger partial charge in [-0.05, 0) is 23.3 Å². The first kappa shape index (κ1) is 7.64. The summed E-state index contributed by atoms with van der Waals surface area (Å²) < 4.78 is 5.01. The zero-order valence-corrected chi connectivity index (χ0v) is 6.93. The monoisotopic (exact) mass is 174 g/mol. The van der Waals surface area contributed by atoms with Crippen molar-refractivity contribution in [2.45, 2.75) is 0 Å². The molecule has 1 aliphatic rings. The summed E-state index contributed by atoms with van der Waals surface area (Å²) in [6.07, 6.45) is 0. The number of fused-ring (bicyclic) bond motifs is 1. The van der Waals surface area contributed by atoms with Gasteiger partial charge in [-0.3, -0.25) is 0 Å². The lowest BCUT2D eigenvalue weighted by Gasteiger charge is -1.97. The first-order valence-electron chi connectivity index (χ1n) is 3.67. The van der Waals surface area contributed by atoms with Gasteiger partial charge < -0.3 is 15.1 Å². The van der Waals surface area contributed by atoms with E-state index in [0.29, 0.717) is 17.0 Å². The minimum atomic E-state index is 0.217. The molecule has 0 N–H and O–H groups in total. The van der Waals surface area contributed by atoms with Crippen molar-refractivity contribution in [1.29, 1.82) is 0 Å². The van der Waals surface area contributed by atoms with E-state index >= 15 is 0 Å². The lowest BCUT2D eigenvalue weighted by molar-refractivity contribution is -0.00547. The number of ether oxygens (including phenoxy) is 1. The van der Waals surface area contributed by atoms with E-state index in [0.717, 1.165) is 0 Å². The van der Waals surface area contributed by atoms with Gasteiger partial charge in [0.2, 0.25) is 0 Å². The van der Waals surface area contributed by atoms with Crippen LogP contribution in [0.2, 0.25) is 0 Å². The van der Waals surface area contributed by atoms with Gasteiger partial charge in [0.1, 0.15) is 17.0 Å². The number of hydrogen-bond donors (Lipinski definition) is 0. The Morgan fingerprint density at radius 2 is 2.23 bits per heavy atom. The van der Waals surface area contributed by atoms with Crippen molar-refractivity contribution >= 4 is 11.5 Å². The molecule has 0 saturated heterocycles. The molecule has 64 valence electrons. The highest BCUT2D eigenvalue weighted by Crippen LogP contribution is 2.29. The van der Waals surface area contributed by atoms with Gasteiger partial charge in [-0.25, -0.2) is 0 Å². The van der Waals surface area contributed by atoms with Crippen LogP contribution in [0.4, 0.5) is 5.69 Å². The molecule has 0 amide bonds. The van der Waals surface area contributed by atoms with Gasteiger partial charge in [0, 0.05) is 0 Å². The Morgan fingerprint density at radius 1 is 1.38 bits per heavy atom. The van der Waals surface area contributed by atoms with Crippen LogP contribution in [-0.2, 0) is 0 Å². The van der Waals surface area contributed by atoms with Crippen molar-refractivity contribution < 1.29 is 9.53 Å². The molecular formula is C8H6N4O. The van der Waals surface area contributed by atoms with Gasteiger partial charge in [-0.2, -0.15) is 0 Å². The molecule has 1 aromatic carbocycles. The number of benzene rings is 1.